The van der Waals surface area contributed by atoms with Crippen LogP contribution in [-0.4, -0.2) is 39.3 Å². The molecule has 1 aromatic heterocycles. The summed E-state index contributed by atoms with van der Waals surface area (Å²) in [6, 6.07) is 10.8. The van der Waals surface area contributed by atoms with Crippen molar-refractivity contribution in [3.05, 3.63) is 58.3 Å². The number of ether oxygens (including phenoxy) is 2. The van der Waals surface area contributed by atoms with E-state index in [0.717, 1.165) is 6.26 Å². The second kappa shape index (κ2) is 7.47. The molecule has 7 nitrogen and oxygen atoms in total. The lowest BCUT2D eigenvalue weighted by molar-refractivity contribution is 0.0525. The minimum atomic E-state index is -3.47. The number of carbonyl (C=O) groups is 1. The molecule has 0 radical (unpaired) electrons. The first-order chi connectivity index (χ1) is 13.3. The van der Waals surface area contributed by atoms with Gasteiger partial charge < -0.3 is 14.5 Å². The zero-order chi connectivity index (χ0) is 20.5. The van der Waals surface area contributed by atoms with E-state index >= 15 is 0 Å². The lowest BCUT2D eigenvalue weighted by atomic mass is 10.0. The third-order valence-corrected chi connectivity index (χ3v) is 5.35. The van der Waals surface area contributed by atoms with Gasteiger partial charge in [-0.1, -0.05) is 12.1 Å². The van der Waals surface area contributed by atoms with Crippen LogP contribution in [0.25, 0.3) is 22.2 Å². The molecule has 28 heavy (non-hydrogen) atoms. The number of pyridine rings is 1. The van der Waals surface area contributed by atoms with Crippen LogP contribution in [0.1, 0.15) is 17.3 Å². The summed E-state index contributed by atoms with van der Waals surface area (Å²) in [5.41, 5.74) is 0.347. The summed E-state index contributed by atoms with van der Waals surface area (Å²) >= 11 is 0. The number of sulfone groups is 1. The minimum Gasteiger partial charge on any atom is -0.497 e. The number of H-pyrrole nitrogens is 1. The average Bonchev–Trinajstić information content (AvgIpc) is 2.67. The third-order valence-electron chi connectivity index (χ3n) is 4.24. The Bertz CT molecular complexity index is 1230. The smallest absolute Gasteiger partial charge is 0.344 e. The number of hydrogen-bond acceptors (Lipinski definition) is 6. The zero-order valence-electron chi connectivity index (χ0n) is 15.6. The first-order valence-electron chi connectivity index (χ1n) is 8.48. The Hall–Kier alpha value is -3.13. The highest BCUT2D eigenvalue weighted by Gasteiger charge is 2.22. The Kier molecular flexibility index (Phi) is 5.24. The molecule has 0 spiro atoms. The molecule has 0 amide bonds. The third kappa shape index (κ3) is 3.63. The monoisotopic (exact) mass is 401 g/mol. The van der Waals surface area contributed by atoms with E-state index in [1.165, 1.54) is 19.2 Å². The number of aromatic nitrogens is 1. The molecule has 0 bridgehead atoms. The quantitative estimate of drug-likeness (QED) is 0.660. The summed E-state index contributed by atoms with van der Waals surface area (Å²) in [5.74, 6) is -0.246. The van der Waals surface area contributed by atoms with Gasteiger partial charge in [0.05, 0.1) is 29.8 Å². The van der Waals surface area contributed by atoms with E-state index in [1.54, 1.807) is 37.3 Å². The molecule has 0 atom stereocenters. The SMILES string of the molecule is CCOC(=O)c1c(-c2cccc(S(C)(=O)=O)c2)[nH]c2cc(OC)ccc2c1=O. The van der Waals surface area contributed by atoms with Gasteiger partial charge in [-0.15, -0.1) is 0 Å². The second-order valence-electron chi connectivity index (χ2n) is 6.14. The van der Waals surface area contributed by atoms with Crippen LogP contribution >= 0.6 is 0 Å². The lowest BCUT2D eigenvalue weighted by Crippen LogP contribution is -2.20. The van der Waals surface area contributed by atoms with Crippen LogP contribution in [-0.2, 0) is 14.6 Å². The molecular formula is C20H19NO6S. The van der Waals surface area contributed by atoms with Crippen molar-refractivity contribution in [2.24, 2.45) is 0 Å². The van der Waals surface area contributed by atoms with Crippen molar-refractivity contribution in [1.82, 2.24) is 4.98 Å². The van der Waals surface area contributed by atoms with Crippen molar-refractivity contribution in [1.29, 1.82) is 0 Å². The highest BCUT2D eigenvalue weighted by molar-refractivity contribution is 7.90. The average molecular weight is 401 g/mol. The fraction of sp³-hybridized carbons (Fsp3) is 0.200. The van der Waals surface area contributed by atoms with E-state index in [0.29, 0.717) is 22.2 Å². The molecule has 1 N–H and O–H groups in total. The fourth-order valence-electron chi connectivity index (χ4n) is 2.89. The molecule has 1 heterocycles. The van der Waals surface area contributed by atoms with Crippen molar-refractivity contribution in [2.75, 3.05) is 20.0 Å². The molecule has 0 saturated heterocycles. The Morgan fingerprint density at radius 2 is 1.89 bits per heavy atom. The van der Waals surface area contributed by atoms with Crippen molar-refractivity contribution in [3.63, 3.8) is 0 Å². The maximum absolute atomic E-state index is 13.0. The molecule has 3 aromatic rings. The van der Waals surface area contributed by atoms with E-state index in [9.17, 15) is 18.0 Å². The topological polar surface area (TPSA) is 103 Å². The number of rotatable bonds is 5. The van der Waals surface area contributed by atoms with E-state index in [1.807, 2.05) is 0 Å². The first kappa shape index (κ1) is 19.6. The molecule has 0 fully saturated rings. The number of methoxy groups -OCH3 is 1. The fourth-order valence-corrected chi connectivity index (χ4v) is 3.56. The van der Waals surface area contributed by atoms with Crippen LogP contribution in [0.2, 0.25) is 0 Å². The molecule has 0 saturated carbocycles. The van der Waals surface area contributed by atoms with Gasteiger partial charge in [0.1, 0.15) is 11.3 Å². The Labute approximate surface area is 161 Å². The second-order valence-corrected chi connectivity index (χ2v) is 8.15. The molecule has 0 aliphatic rings. The summed E-state index contributed by atoms with van der Waals surface area (Å²) in [4.78, 5) is 28.7. The van der Waals surface area contributed by atoms with E-state index in [-0.39, 0.29) is 22.8 Å². The van der Waals surface area contributed by atoms with Crippen LogP contribution in [0.5, 0.6) is 5.75 Å². The number of aromatic amines is 1. The van der Waals surface area contributed by atoms with Gasteiger partial charge in [-0.2, -0.15) is 0 Å². The summed E-state index contributed by atoms with van der Waals surface area (Å²) in [6.07, 6.45) is 1.09. The molecule has 8 heteroatoms. The summed E-state index contributed by atoms with van der Waals surface area (Å²) < 4.78 is 34.1. The molecular weight excluding hydrogens is 382 g/mol. The first-order valence-corrected chi connectivity index (χ1v) is 10.4. The summed E-state index contributed by atoms with van der Waals surface area (Å²) in [5, 5.41) is 0.298. The van der Waals surface area contributed by atoms with Crippen molar-refractivity contribution in [3.8, 4) is 17.0 Å². The van der Waals surface area contributed by atoms with Crippen LogP contribution in [0.15, 0.2) is 52.2 Å². The molecule has 0 aliphatic carbocycles. The lowest BCUT2D eigenvalue weighted by Gasteiger charge is -2.12. The Balaban J connectivity index is 2.38. The number of benzene rings is 2. The van der Waals surface area contributed by atoms with Gasteiger partial charge in [0.25, 0.3) is 0 Å². The van der Waals surface area contributed by atoms with Crippen molar-refractivity contribution >= 4 is 26.7 Å². The molecule has 0 aliphatic heterocycles. The Morgan fingerprint density at radius 3 is 2.54 bits per heavy atom. The van der Waals surface area contributed by atoms with E-state index in [2.05, 4.69) is 4.98 Å². The van der Waals surface area contributed by atoms with Crippen LogP contribution < -0.4 is 10.2 Å². The largest absolute Gasteiger partial charge is 0.497 e. The zero-order valence-corrected chi connectivity index (χ0v) is 16.4. The van der Waals surface area contributed by atoms with Gasteiger partial charge >= 0.3 is 5.97 Å². The van der Waals surface area contributed by atoms with Gasteiger partial charge in [-0.3, -0.25) is 4.79 Å². The predicted octanol–water partition coefficient (Wildman–Crippen LogP) is 2.78. The molecule has 3 rings (SSSR count). The number of nitrogens with one attached hydrogen (secondary N) is 1. The normalized spacial score (nSPS) is 11.4. The standard InChI is InChI=1S/C20H19NO6S/c1-4-27-20(23)17-18(12-6-5-7-14(10-12)28(3,24)25)21-16-11-13(26-2)8-9-15(16)19(17)22/h5-11H,4H2,1-3H3,(H,21,22). The van der Waals surface area contributed by atoms with Gasteiger partial charge in [-0.05, 0) is 31.2 Å². The highest BCUT2D eigenvalue weighted by Crippen LogP contribution is 2.27. The van der Waals surface area contributed by atoms with Crippen molar-refractivity contribution < 1.29 is 22.7 Å². The maximum Gasteiger partial charge on any atom is 0.344 e. The number of carbonyl (C=O) groups excluding carboxylic acids is 1. The van der Waals surface area contributed by atoms with E-state index in [4.69, 9.17) is 9.47 Å². The minimum absolute atomic E-state index is 0.0754. The van der Waals surface area contributed by atoms with Gasteiger partial charge in [-0.25, -0.2) is 13.2 Å². The van der Waals surface area contributed by atoms with Gasteiger partial charge in [0, 0.05) is 23.3 Å². The maximum atomic E-state index is 13.0. The summed E-state index contributed by atoms with van der Waals surface area (Å²) in [6.45, 7) is 1.74. The van der Waals surface area contributed by atoms with Gasteiger partial charge in [0.2, 0.25) is 5.43 Å². The highest BCUT2D eigenvalue weighted by atomic mass is 32.2. The van der Waals surface area contributed by atoms with Crippen LogP contribution in [0.3, 0.4) is 0 Å². The van der Waals surface area contributed by atoms with E-state index < -0.39 is 21.2 Å². The number of fused-ring (bicyclic) bond motifs is 1. The molecule has 146 valence electrons. The van der Waals surface area contributed by atoms with Crippen molar-refractivity contribution in [2.45, 2.75) is 11.8 Å². The molecule has 2 aromatic carbocycles. The molecule has 0 unspecified atom stereocenters. The number of hydrogen-bond donors (Lipinski definition) is 1. The van der Waals surface area contributed by atoms with Crippen LogP contribution in [0, 0.1) is 0 Å². The number of esters is 1. The van der Waals surface area contributed by atoms with Gasteiger partial charge in [0.15, 0.2) is 9.84 Å². The Morgan fingerprint density at radius 1 is 1.14 bits per heavy atom. The predicted molar refractivity (Wildman–Crippen MR) is 106 cm³/mol. The van der Waals surface area contributed by atoms with Crippen LogP contribution in [0.4, 0.5) is 0 Å². The summed E-state index contributed by atoms with van der Waals surface area (Å²) in [7, 11) is -1.97.